The van der Waals surface area contributed by atoms with Gasteiger partial charge in [-0.2, -0.15) is 0 Å². The zero-order valence-electron chi connectivity index (χ0n) is 27.9. The standard InChI is InChI=1S/C44H27ClN4O4/c45-40-41-39(52-37-25-32(22-24-35(37)47-41)48(30-17-9-3-10-18-30)43(50)28-13-5-1-6-14-28)27-36-42(40)53-38-26-33(21-23-34(38)46-36)49(31-19-11-4-12-20-31)44(51)29-15-7-2-8-16-29/h1-27H. The van der Waals surface area contributed by atoms with Crippen molar-refractivity contribution < 1.29 is 19.1 Å². The van der Waals surface area contributed by atoms with Gasteiger partial charge in [0.05, 0.1) is 11.4 Å². The van der Waals surface area contributed by atoms with E-state index < -0.39 is 0 Å². The Morgan fingerprint density at radius 1 is 0.472 bits per heavy atom. The van der Waals surface area contributed by atoms with Gasteiger partial charge in [-0.1, -0.05) is 84.4 Å². The van der Waals surface area contributed by atoms with E-state index in [-0.39, 0.29) is 16.8 Å². The van der Waals surface area contributed by atoms with Gasteiger partial charge < -0.3 is 9.47 Å². The summed E-state index contributed by atoms with van der Waals surface area (Å²) in [6.07, 6.45) is 0. The number of fused-ring (bicyclic) bond motifs is 4. The number of hydrogen-bond acceptors (Lipinski definition) is 6. The van der Waals surface area contributed by atoms with Crippen LogP contribution in [0.5, 0.6) is 23.0 Å². The van der Waals surface area contributed by atoms with Gasteiger partial charge in [0.2, 0.25) is 0 Å². The summed E-state index contributed by atoms with van der Waals surface area (Å²) in [5.41, 5.74) is 4.82. The van der Waals surface area contributed by atoms with E-state index in [0.29, 0.717) is 79.0 Å². The first-order valence-corrected chi connectivity index (χ1v) is 17.2. The largest absolute Gasteiger partial charge is 0.453 e. The van der Waals surface area contributed by atoms with Crippen LogP contribution in [0.3, 0.4) is 0 Å². The fourth-order valence-corrected chi connectivity index (χ4v) is 6.67. The molecule has 0 fully saturated rings. The summed E-state index contributed by atoms with van der Waals surface area (Å²) in [6.45, 7) is 0. The average molecular weight is 711 g/mol. The smallest absolute Gasteiger partial charge is 0.262 e. The Morgan fingerprint density at radius 2 is 0.925 bits per heavy atom. The monoisotopic (exact) mass is 710 g/mol. The van der Waals surface area contributed by atoms with Gasteiger partial charge in [0.1, 0.15) is 27.1 Å². The molecule has 0 N–H and O–H groups in total. The molecule has 254 valence electrons. The number of amides is 2. The van der Waals surface area contributed by atoms with Crippen molar-refractivity contribution in [3.8, 4) is 23.0 Å². The van der Waals surface area contributed by atoms with E-state index in [1.165, 1.54) is 0 Å². The molecule has 2 amide bonds. The molecule has 0 radical (unpaired) electrons. The van der Waals surface area contributed by atoms with Crippen molar-refractivity contribution in [3.63, 3.8) is 0 Å². The third-order valence-electron chi connectivity index (χ3n) is 8.93. The SMILES string of the molecule is O=C(c1ccccc1)N(c1ccccc1)c1ccc2c(c1)Oc1c(Cl)c3c(cc1=N2)Oc1cc(N(C(=O)c2ccccc2)c2ccccc2)ccc1N=3. The molecule has 0 spiro atoms. The van der Waals surface area contributed by atoms with E-state index in [1.54, 1.807) is 58.3 Å². The van der Waals surface area contributed by atoms with Gasteiger partial charge in [-0.05, 0) is 72.8 Å². The number of halogens is 1. The highest BCUT2D eigenvalue weighted by Crippen LogP contribution is 2.44. The number of carbonyl (C=O) groups excluding carboxylic acids is 2. The van der Waals surface area contributed by atoms with Gasteiger partial charge in [-0.3, -0.25) is 19.4 Å². The Balaban J connectivity index is 1.08. The molecule has 0 unspecified atom stereocenters. The molecule has 53 heavy (non-hydrogen) atoms. The highest BCUT2D eigenvalue weighted by atomic mass is 35.5. The van der Waals surface area contributed by atoms with Crippen molar-refractivity contribution >= 4 is 57.5 Å². The van der Waals surface area contributed by atoms with Crippen LogP contribution in [-0.4, -0.2) is 11.8 Å². The fraction of sp³-hybridized carbons (Fsp3) is 0. The lowest BCUT2D eigenvalue weighted by Gasteiger charge is -2.26. The minimum atomic E-state index is -0.189. The van der Waals surface area contributed by atoms with Crippen LogP contribution in [0.1, 0.15) is 20.7 Å². The summed E-state index contributed by atoms with van der Waals surface area (Å²) >= 11 is 7.00. The molecule has 2 aliphatic rings. The van der Waals surface area contributed by atoms with Gasteiger partial charge in [-0.15, -0.1) is 0 Å². The maximum Gasteiger partial charge on any atom is 0.262 e. The summed E-state index contributed by atoms with van der Waals surface area (Å²) in [4.78, 5) is 40.7. The first kappa shape index (κ1) is 31.9. The molecule has 0 saturated carbocycles. The van der Waals surface area contributed by atoms with Crippen LogP contribution < -0.4 is 30.0 Å². The normalized spacial score (nSPS) is 11.9. The van der Waals surface area contributed by atoms with Crippen LogP contribution >= 0.6 is 11.6 Å². The summed E-state index contributed by atoms with van der Waals surface area (Å²) in [5.74, 6) is 1.24. The molecule has 0 aliphatic carbocycles. The molecule has 0 bridgehead atoms. The van der Waals surface area contributed by atoms with Crippen LogP contribution in [0.4, 0.5) is 34.1 Å². The van der Waals surface area contributed by atoms with E-state index in [4.69, 9.17) is 31.1 Å². The fourth-order valence-electron chi connectivity index (χ4n) is 6.40. The quantitative estimate of drug-likeness (QED) is 0.172. The van der Waals surface area contributed by atoms with Crippen molar-refractivity contribution in [2.24, 2.45) is 9.98 Å². The van der Waals surface area contributed by atoms with Crippen LogP contribution in [0.25, 0.3) is 0 Å². The van der Waals surface area contributed by atoms with Gasteiger partial charge in [0.25, 0.3) is 11.8 Å². The highest BCUT2D eigenvalue weighted by Gasteiger charge is 2.27. The Morgan fingerprint density at radius 3 is 1.43 bits per heavy atom. The molecular weight excluding hydrogens is 684 g/mol. The van der Waals surface area contributed by atoms with E-state index in [1.807, 2.05) is 115 Å². The molecule has 9 rings (SSSR count). The van der Waals surface area contributed by atoms with E-state index >= 15 is 0 Å². The predicted octanol–water partition coefficient (Wildman–Crippen LogP) is 10.4. The number of hydrogen-bond donors (Lipinski definition) is 0. The first-order valence-electron chi connectivity index (χ1n) is 16.8. The third-order valence-corrected chi connectivity index (χ3v) is 9.28. The van der Waals surface area contributed by atoms with Crippen molar-refractivity contribution in [1.29, 1.82) is 0 Å². The van der Waals surface area contributed by atoms with Gasteiger partial charge in [-0.25, -0.2) is 9.98 Å². The number of nitrogens with zero attached hydrogens (tertiary/aromatic N) is 4. The summed E-state index contributed by atoms with van der Waals surface area (Å²) in [5, 5.41) is 1.10. The Kier molecular flexibility index (Phi) is 7.99. The summed E-state index contributed by atoms with van der Waals surface area (Å²) in [6, 6.07) is 49.7. The maximum atomic E-state index is 13.9. The minimum absolute atomic E-state index is 0.184. The van der Waals surface area contributed by atoms with Crippen LogP contribution in [0.2, 0.25) is 5.02 Å². The van der Waals surface area contributed by atoms with Crippen LogP contribution in [0, 0.1) is 0 Å². The van der Waals surface area contributed by atoms with Crippen LogP contribution in [-0.2, 0) is 0 Å². The molecule has 8 nitrogen and oxygen atoms in total. The lowest BCUT2D eigenvalue weighted by Crippen LogP contribution is -2.26. The van der Waals surface area contributed by atoms with Crippen LogP contribution in [0.15, 0.2) is 174 Å². The first-order chi connectivity index (χ1) is 26.0. The third kappa shape index (κ3) is 5.87. The minimum Gasteiger partial charge on any atom is -0.453 e. The zero-order valence-corrected chi connectivity index (χ0v) is 28.6. The number of ether oxygens (including phenoxy) is 2. The van der Waals surface area contributed by atoms with Gasteiger partial charge in [0.15, 0.2) is 23.0 Å². The molecule has 2 heterocycles. The van der Waals surface area contributed by atoms with Crippen molar-refractivity contribution in [2.45, 2.75) is 0 Å². The molecule has 7 aromatic carbocycles. The second-order valence-corrected chi connectivity index (χ2v) is 12.7. The van der Waals surface area contributed by atoms with E-state index in [2.05, 4.69) is 0 Å². The summed E-state index contributed by atoms with van der Waals surface area (Å²) in [7, 11) is 0. The highest BCUT2D eigenvalue weighted by molar-refractivity contribution is 6.32. The van der Waals surface area contributed by atoms with Gasteiger partial charge >= 0.3 is 0 Å². The Bertz CT molecular complexity index is 2680. The number of benzene rings is 7. The Hall–Kier alpha value is -7.03. The molecule has 7 aromatic rings. The average Bonchev–Trinajstić information content (AvgIpc) is 3.21. The zero-order chi connectivity index (χ0) is 35.9. The van der Waals surface area contributed by atoms with Crippen molar-refractivity contribution in [3.05, 3.63) is 191 Å². The number of para-hydroxylation sites is 2. The van der Waals surface area contributed by atoms with Crippen molar-refractivity contribution in [1.82, 2.24) is 0 Å². The number of carbonyl (C=O) groups is 2. The Labute approximate surface area is 309 Å². The molecular formula is C44H27ClN4O4. The second-order valence-electron chi connectivity index (χ2n) is 12.3. The topological polar surface area (TPSA) is 83.8 Å². The molecule has 0 saturated heterocycles. The number of rotatable bonds is 6. The van der Waals surface area contributed by atoms with Gasteiger partial charge in [0, 0.05) is 40.7 Å². The molecule has 0 atom stereocenters. The molecule has 0 aromatic heterocycles. The van der Waals surface area contributed by atoms with E-state index in [9.17, 15) is 9.59 Å². The van der Waals surface area contributed by atoms with Crippen molar-refractivity contribution in [2.75, 3.05) is 9.80 Å². The number of anilines is 4. The maximum absolute atomic E-state index is 13.9. The second kappa shape index (κ2) is 13.3. The predicted molar refractivity (Wildman–Crippen MR) is 205 cm³/mol. The van der Waals surface area contributed by atoms with E-state index in [0.717, 1.165) is 0 Å². The lowest BCUT2D eigenvalue weighted by molar-refractivity contribution is 0.0991. The molecule has 2 aliphatic heterocycles. The summed E-state index contributed by atoms with van der Waals surface area (Å²) < 4.78 is 12.8. The lowest BCUT2D eigenvalue weighted by atomic mass is 10.1. The molecule has 9 heteroatoms.